The summed E-state index contributed by atoms with van der Waals surface area (Å²) in [6.45, 7) is 3.45. The molecule has 0 spiro atoms. The number of halogens is 1. The molecule has 0 unspecified atom stereocenters. The first kappa shape index (κ1) is 23.2. The molecule has 1 N–H and O–H groups in total. The molecule has 176 valence electrons. The van der Waals surface area contributed by atoms with Gasteiger partial charge in [-0.2, -0.15) is 0 Å². The highest BCUT2D eigenvalue weighted by molar-refractivity contribution is 6.46. The van der Waals surface area contributed by atoms with Crippen LogP contribution < -0.4 is 4.74 Å². The number of benzene rings is 2. The first-order chi connectivity index (χ1) is 16.5. The summed E-state index contributed by atoms with van der Waals surface area (Å²) in [7, 11) is 0. The van der Waals surface area contributed by atoms with Crippen LogP contribution in [0.5, 0.6) is 5.75 Å². The highest BCUT2D eigenvalue weighted by Crippen LogP contribution is 2.40. The maximum absolute atomic E-state index is 13.4. The third kappa shape index (κ3) is 4.85. The molecule has 34 heavy (non-hydrogen) atoms. The van der Waals surface area contributed by atoms with E-state index in [1.54, 1.807) is 30.7 Å². The monoisotopic (exact) mass is 463 g/mol. The van der Waals surface area contributed by atoms with Gasteiger partial charge in [-0.25, -0.2) is 9.37 Å². The van der Waals surface area contributed by atoms with Gasteiger partial charge in [-0.05, 0) is 54.8 Å². The molecule has 0 aliphatic carbocycles. The van der Waals surface area contributed by atoms with Gasteiger partial charge in [0.15, 0.2) is 0 Å². The molecule has 0 saturated carbocycles. The number of Topliss-reactive ketones (excluding diaryl/α,β-unsaturated/α-hetero) is 1. The smallest absolute Gasteiger partial charge is 0.295 e. The number of ketones is 1. The number of aromatic nitrogens is 2. The predicted octanol–water partition coefficient (Wildman–Crippen LogP) is 4.32. The topological polar surface area (TPSA) is 84.7 Å². The molecule has 1 aromatic heterocycles. The number of nitrogens with zero attached hydrogens (tertiary/aromatic N) is 3. The second-order valence-electron chi connectivity index (χ2n) is 8.07. The van der Waals surface area contributed by atoms with E-state index in [0.717, 1.165) is 6.42 Å². The van der Waals surface area contributed by atoms with Crippen LogP contribution >= 0.6 is 0 Å². The van der Waals surface area contributed by atoms with Gasteiger partial charge in [-0.15, -0.1) is 0 Å². The van der Waals surface area contributed by atoms with Crippen molar-refractivity contribution in [2.75, 3.05) is 13.2 Å². The van der Waals surface area contributed by atoms with Crippen LogP contribution in [-0.4, -0.2) is 44.4 Å². The van der Waals surface area contributed by atoms with Gasteiger partial charge in [0.2, 0.25) is 0 Å². The summed E-state index contributed by atoms with van der Waals surface area (Å²) in [6, 6.07) is 11.6. The van der Waals surface area contributed by atoms with E-state index in [2.05, 4.69) is 4.98 Å². The van der Waals surface area contributed by atoms with E-state index in [1.165, 1.54) is 29.2 Å². The summed E-state index contributed by atoms with van der Waals surface area (Å²) in [5.74, 6) is -1.63. The van der Waals surface area contributed by atoms with Gasteiger partial charge in [-0.3, -0.25) is 9.59 Å². The highest BCUT2D eigenvalue weighted by Gasteiger charge is 2.45. The third-order valence-corrected chi connectivity index (χ3v) is 5.68. The minimum absolute atomic E-state index is 0.0214. The molecule has 2 aromatic carbocycles. The van der Waals surface area contributed by atoms with Crippen LogP contribution in [-0.2, 0) is 16.1 Å². The number of amides is 1. The van der Waals surface area contributed by atoms with Crippen LogP contribution in [0.25, 0.3) is 5.76 Å². The Hall–Kier alpha value is -3.94. The van der Waals surface area contributed by atoms with Gasteiger partial charge in [0.25, 0.3) is 11.7 Å². The zero-order valence-corrected chi connectivity index (χ0v) is 18.9. The van der Waals surface area contributed by atoms with Crippen LogP contribution in [0.3, 0.4) is 0 Å². The number of carbonyl (C=O) groups is 2. The molecule has 0 radical (unpaired) electrons. The molecule has 1 aliphatic rings. The lowest BCUT2D eigenvalue weighted by Gasteiger charge is -2.25. The second kappa shape index (κ2) is 10.3. The lowest BCUT2D eigenvalue weighted by atomic mass is 9.95. The van der Waals surface area contributed by atoms with Gasteiger partial charge in [0.05, 0.1) is 24.5 Å². The molecule has 1 atom stereocenters. The lowest BCUT2D eigenvalue weighted by Crippen LogP contribution is -2.31. The molecule has 2 heterocycles. The lowest BCUT2D eigenvalue weighted by molar-refractivity contribution is -0.139. The predicted molar refractivity (Wildman–Crippen MR) is 124 cm³/mol. The minimum Gasteiger partial charge on any atom is -0.507 e. The number of likely N-dealkylation sites (tertiary alicyclic amines) is 1. The SMILES string of the molecule is CCCOc1cccc([C@@H]2/C(=C(\O)c3ccc(F)cc3)C(=O)C(=O)N2CCCn2ccnc2)c1. The number of hydrogen-bond acceptors (Lipinski definition) is 5. The Morgan fingerprint density at radius 2 is 1.94 bits per heavy atom. The van der Waals surface area contributed by atoms with Gasteiger partial charge in [0.1, 0.15) is 17.3 Å². The molecule has 8 heteroatoms. The Labute approximate surface area is 197 Å². The van der Waals surface area contributed by atoms with Crippen LogP contribution in [0.15, 0.2) is 72.8 Å². The first-order valence-electron chi connectivity index (χ1n) is 11.2. The van der Waals surface area contributed by atoms with Crippen molar-refractivity contribution in [1.82, 2.24) is 14.5 Å². The molecular weight excluding hydrogens is 437 g/mol. The van der Waals surface area contributed by atoms with E-state index in [9.17, 15) is 19.1 Å². The van der Waals surface area contributed by atoms with Crippen molar-refractivity contribution in [1.29, 1.82) is 0 Å². The van der Waals surface area contributed by atoms with Crippen LogP contribution in [0, 0.1) is 5.82 Å². The average molecular weight is 464 g/mol. The number of hydrogen-bond donors (Lipinski definition) is 1. The Morgan fingerprint density at radius 3 is 2.65 bits per heavy atom. The van der Waals surface area contributed by atoms with E-state index in [4.69, 9.17) is 4.74 Å². The standard InChI is InChI=1S/C26H26FN3O4/c1-2-15-34-21-6-3-5-19(16-21)23-22(24(31)18-7-9-20(27)10-8-18)25(32)26(33)30(23)13-4-12-29-14-11-28-17-29/h3,5-11,14,16-17,23,31H,2,4,12-13,15H2,1H3/b24-22+/t23-/m1/s1. The average Bonchev–Trinajstić information content (AvgIpc) is 3.45. The summed E-state index contributed by atoms with van der Waals surface area (Å²) in [6.07, 6.45) is 6.62. The summed E-state index contributed by atoms with van der Waals surface area (Å²) in [5.41, 5.74) is 0.896. The molecule has 0 bridgehead atoms. The molecule has 1 saturated heterocycles. The van der Waals surface area contributed by atoms with Crippen molar-refractivity contribution >= 4 is 17.4 Å². The van der Waals surface area contributed by atoms with E-state index in [1.807, 2.05) is 23.8 Å². The van der Waals surface area contributed by atoms with Gasteiger partial charge < -0.3 is 19.3 Å². The Kier molecular flexibility index (Phi) is 7.06. The van der Waals surface area contributed by atoms with Crippen molar-refractivity contribution in [2.24, 2.45) is 0 Å². The molecule has 3 aromatic rings. The molecular formula is C26H26FN3O4. The molecule has 1 fully saturated rings. The maximum Gasteiger partial charge on any atom is 0.295 e. The van der Waals surface area contributed by atoms with Gasteiger partial charge in [-0.1, -0.05) is 19.1 Å². The van der Waals surface area contributed by atoms with Crippen LogP contribution in [0.4, 0.5) is 4.39 Å². The maximum atomic E-state index is 13.4. The fourth-order valence-corrected chi connectivity index (χ4v) is 4.06. The number of imidazole rings is 1. The summed E-state index contributed by atoms with van der Waals surface area (Å²) in [5, 5.41) is 11.0. The molecule has 7 nitrogen and oxygen atoms in total. The fraction of sp³-hybridized carbons (Fsp3) is 0.269. The highest BCUT2D eigenvalue weighted by atomic mass is 19.1. The van der Waals surface area contributed by atoms with E-state index in [-0.39, 0.29) is 16.9 Å². The van der Waals surface area contributed by atoms with Crippen molar-refractivity contribution in [3.63, 3.8) is 0 Å². The quantitative estimate of drug-likeness (QED) is 0.290. The number of rotatable bonds is 9. The van der Waals surface area contributed by atoms with E-state index >= 15 is 0 Å². The number of aliphatic hydroxyl groups is 1. The Balaban J connectivity index is 1.73. The zero-order chi connectivity index (χ0) is 24.1. The van der Waals surface area contributed by atoms with Crippen LogP contribution in [0.2, 0.25) is 0 Å². The summed E-state index contributed by atoms with van der Waals surface area (Å²) < 4.78 is 21.1. The Bertz CT molecular complexity index is 1190. The minimum atomic E-state index is -0.794. The fourth-order valence-electron chi connectivity index (χ4n) is 4.06. The molecule has 4 rings (SSSR count). The van der Waals surface area contributed by atoms with Crippen molar-refractivity contribution in [3.8, 4) is 5.75 Å². The Morgan fingerprint density at radius 1 is 1.15 bits per heavy atom. The number of aliphatic hydroxyl groups excluding tert-OH is 1. The van der Waals surface area contributed by atoms with Gasteiger partial charge in [0, 0.05) is 31.0 Å². The van der Waals surface area contributed by atoms with Crippen molar-refractivity contribution in [2.45, 2.75) is 32.4 Å². The molecule has 1 aliphatic heterocycles. The second-order valence-corrected chi connectivity index (χ2v) is 8.07. The number of carbonyl (C=O) groups excluding carboxylic acids is 2. The largest absolute Gasteiger partial charge is 0.507 e. The molecule has 1 amide bonds. The normalized spacial score (nSPS) is 17.4. The van der Waals surface area contributed by atoms with E-state index < -0.39 is 23.5 Å². The van der Waals surface area contributed by atoms with Crippen molar-refractivity contribution in [3.05, 3.63) is 89.8 Å². The van der Waals surface area contributed by atoms with Crippen LogP contribution in [0.1, 0.15) is 36.9 Å². The first-order valence-corrected chi connectivity index (χ1v) is 11.2. The number of aryl methyl sites for hydroxylation is 1. The summed E-state index contributed by atoms with van der Waals surface area (Å²) in [4.78, 5) is 31.7. The zero-order valence-electron chi connectivity index (χ0n) is 18.9. The van der Waals surface area contributed by atoms with Gasteiger partial charge >= 0.3 is 0 Å². The number of ether oxygens (including phenoxy) is 1. The van der Waals surface area contributed by atoms with Crippen molar-refractivity contribution < 1.29 is 23.8 Å². The third-order valence-electron chi connectivity index (χ3n) is 5.68. The van der Waals surface area contributed by atoms with E-state index in [0.29, 0.717) is 37.4 Å². The summed E-state index contributed by atoms with van der Waals surface area (Å²) >= 11 is 0.